The number of rotatable bonds is 10. The van der Waals surface area contributed by atoms with Crippen molar-refractivity contribution in [1.29, 1.82) is 0 Å². The predicted octanol–water partition coefficient (Wildman–Crippen LogP) is 11.2. The molecule has 0 aliphatic heterocycles. The standard InChI is InChI=1S/C42H42ClNO2/c1-6-7-40(45)34-10-8-29(9-11-34)27-38(33-14-12-30(13-15-33)31-16-21-36(22-17-31)42(3,4)5)41(46)44-37-23-18-32(19-24-37)35-20-25-39(43)28(2)26-35/h8-26,38H,6-7,27H2,1-5H3,(H,44,46)/t38-/m0/s1. The maximum absolute atomic E-state index is 13.9. The van der Waals surface area contributed by atoms with Crippen molar-refractivity contribution >= 4 is 29.0 Å². The van der Waals surface area contributed by atoms with Crippen LogP contribution in [0.3, 0.4) is 0 Å². The lowest BCUT2D eigenvalue weighted by Gasteiger charge is -2.20. The molecule has 0 unspecified atom stereocenters. The molecule has 0 saturated heterocycles. The van der Waals surface area contributed by atoms with Crippen LogP contribution < -0.4 is 5.32 Å². The van der Waals surface area contributed by atoms with Gasteiger partial charge in [0.25, 0.3) is 0 Å². The molecule has 1 N–H and O–H groups in total. The van der Waals surface area contributed by atoms with E-state index in [0.717, 1.165) is 56.1 Å². The van der Waals surface area contributed by atoms with Gasteiger partial charge in [-0.05, 0) is 94.0 Å². The van der Waals surface area contributed by atoms with Crippen LogP contribution >= 0.6 is 11.6 Å². The Bertz CT molecular complexity index is 1800. The van der Waals surface area contributed by atoms with Crippen molar-refractivity contribution in [3.05, 3.63) is 148 Å². The second kappa shape index (κ2) is 14.3. The highest BCUT2D eigenvalue weighted by Crippen LogP contribution is 2.30. The first kappa shape index (κ1) is 32.9. The minimum atomic E-state index is -0.423. The highest BCUT2D eigenvalue weighted by atomic mass is 35.5. The van der Waals surface area contributed by atoms with Crippen molar-refractivity contribution in [3.8, 4) is 22.3 Å². The average Bonchev–Trinajstić information content (AvgIpc) is 3.05. The SMILES string of the molecule is CCCC(=O)c1ccc(C[C@H](C(=O)Nc2ccc(-c3ccc(Cl)c(C)c3)cc2)c2ccc(-c3ccc(C(C)(C)C)cc3)cc2)cc1. The van der Waals surface area contributed by atoms with E-state index in [1.54, 1.807) is 0 Å². The van der Waals surface area contributed by atoms with E-state index < -0.39 is 5.92 Å². The molecule has 234 valence electrons. The summed E-state index contributed by atoms with van der Waals surface area (Å²) in [5, 5.41) is 3.90. The van der Waals surface area contributed by atoms with Gasteiger partial charge >= 0.3 is 0 Å². The van der Waals surface area contributed by atoms with Crippen molar-refractivity contribution in [2.45, 2.75) is 65.2 Å². The summed E-state index contributed by atoms with van der Waals surface area (Å²) >= 11 is 6.22. The molecule has 0 radical (unpaired) electrons. The predicted molar refractivity (Wildman–Crippen MR) is 193 cm³/mol. The zero-order chi connectivity index (χ0) is 32.8. The lowest BCUT2D eigenvalue weighted by atomic mass is 9.86. The third kappa shape index (κ3) is 8.02. The zero-order valence-corrected chi connectivity index (χ0v) is 28.1. The van der Waals surface area contributed by atoms with Gasteiger partial charge in [0.15, 0.2) is 5.78 Å². The molecule has 0 spiro atoms. The summed E-state index contributed by atoms with van der Waals surface area (Å²) in [7, 11) is 0. The Morgan fingerprint density at radius 1 is 0.717 bits per heavy atom. The first-order chi connectivity index (χ1) is 22.0. The maximum Gasteiger partial charge on any atom is 0.232 e. The van der Waals surface area contributed by atoms with Gasteiger partial charge < -0.3 is 5.32 Å². The van der Waals surface area contributed by atoms with Crippen molar-refractivity contribution in [3.63, 3.8) is 0 Å². The minimum absolute atomic E-state index is 0.0801. The number of hydrogen-bond donors (Lipinski definition) is 1. The third-order valence-electron chi connectivity index (χ3n) is 8.55. The van der Waals surface area contributed by atoms with Crippen molar-refractivity contribution in [1.82, 2.24) is 0 Å². The number of halogens is 1. The molecular weight excluding hydrogens is 586 g/mol. The molecule has 3 nitrogen and oxygen atoms in total. The molecule has 4 heteroatoms. The molecule has 0 aliphatic rings. The van der Waals surface area contributed by atoms with Crippen molar-refractivity contribution < 1.29 is 9.59 Å². The number of amides is 1. The molecule has 0 bridgehead atoms. The van der Waals surface area contributed by atoms with Crippen LogP contribution in [0.15, 0.2) is 115 Å². The van der Waals surface area contributed by atoms with E-state index in [1.807, 2.05) is 74.5 Å². The molecule has 5 aromatic carbocycles. The van der Waals surface area contributed by atoms with E-state index >= 15 is 0 Å². The first-order valence-electron chi connectivity index (χ1n) is 16.0. The van der Waals surface area contributed by atoms with Gasteiger partial charge in [-0.1, -0.05) is 130 Å². The maximum atomic E-state index is 13.9. The number of hydrogen-bond acceptors (Lipinski definition) is 2. The summed E-state index contributed by atoms with van der Waals surface area (Å²) in [6.45, 7) is 10.6. The first-order valence-corrected chi connectivity index (χ1v) is 16.4. The molecule has 0 saturated carbocycles. The summed E-state index contributed by atoms with van der Waals surface area (Å²) < 4.78 is 0. The van der Waals surface area contributed by atoms with Gasteiger partial charge in [-0.3, -0.25) is 9.59 Å². The van der Waals surface area contributed by atoms with Crippen LogP contribution in [0.1, 0.15) is 79.1 Å². The monoisotopic (exact) mass is 627 g/mol. The summed E-state index contributed by atoms with van der Waals surface area (Å²) in [5.74, 6) is -0.358. The van der Waals surface area contributed by atoms with Crippen LogP contribution in [-0.2, 0) is 16.6 Å². The van der Waals surface area contributed by atoms with E-state index in [1.165, 1.54) is 5.56 Å². The number of Topliss-reactive ketones (excluding diaryl/α,β-unsaturated/α-hetero) is 1. The van der Waals surface area contributed by atoms with E-state index in [4.69, 9.17) is 11.6 Å². The Kier molecular flexibility index (Phi) is 10.2. The molecule has 1 amide bonds. The Morgan fingerprint density at radius 2 is 1.26 bits per heavy atom. The molecule has 5 rings (SSSR count). The minimum Gasteiger partial charge on any atom is -0.326 e. The molecule has 0 heterocycles. The summed E-state index contributed by atoms with van der Waals surface area (Å²) in [5.41, 5.74) is 10.2. The lowest BCUT2D eigenvalue weighted by molar-refractivity contribution is -0.117. The summed E-state index contributed by atoms with van der Waals surface area (Å²) in [4.78, 5) is 26.3. The van der Waals surface area contributed by atoms with Crippen LogP contribution in [-0.4, -0.2) is 11.7 Å². The van der Waals surface area contributed by atoms with Crippen LogP contribution in [0.2, 0.25) is 5.02 Å². The molecule has 0 fully saturated rings. The number of carbonyl (C=O) groups excluding carboxylic acids is 2. The zero-order valence-electron chi connectivity index (χ0n) is 27.4. The summed E-state index contributed by atoms with van der Waals surface area (Å²) in [6, 6.07) is 38.6. The Labute approximate surface area is 278 Å². The van der Waals surface area contributed by atoms with Crippen LogP contribution in [0.5, 0.6) is 0 Å². The quantitative estimate of drug-likeness (QED) is 0.157. The molecule has 1 atom stereocenters. The van der Waals surface area contributed by atoms with Gasteiger partial charge in [0.2, 0.25) is 5.91 Å². The summed E-state index contributed by atoms with van der Waals surface area (Å²) in [6.07, 6.45) is 1.86. The van der Waals surface area contributed by atoms with Gasteiger partial charge in [0, 0.05) is 22.7 Å². The smallest absolute Gasteiger partial charge is 0.232 e. The molecule has 46 heavy (non-hydrogen) atoms. The molecule has 5 aromatic rings. The van der Waals surface area contributed by atoms with Gasteiger partial charge in [0.05, 0.1) is 5.92 Å². The normalized spacial score (nSPS) is 12.0. The molecular formula is C42H42ClNO2. The molecule has 0 aromatic heterocycles. The number of aryl methyl sites for hydroxylation is 1. The highest BCUT2D eigenvalue weighted by Gasteiger charge is 2.22. The fraction of sp³-hybridized carbons (Fsp3) is 0.238. The van der Waals surface area contributed by atoms with Gasteiger partial charge in [-0.25, -0.2) is 0 Å². The Morgan fingerprint density at radius 3 is 1.83 bits per heavy atom. The second-order valence-electron chi connectivity index (χ2n) is 13.1. The largest absolute Gasteiger partial charge is 0.326 e. The van der Waals surface area contributed by atoms with E-state index in [0.29, 0.717) is 18.4 Å². The average molecular weight is 628 g/mol. The van der Waals surface area contributed by atoms with E-state index in [9.17, 15) is 9.59 Å². The van der Waals surface area contributed by atoms with E-state index in [-0.39, 0.29) is 17.1 Å². The fourth-order valence-corrected chi connectivity index (χ4v) is 5.78. The van der Waals surface area contributed by atoms with Crippen molar-refractivity contribution in [2.75, 3.05) is 5.32 Å². The third-order valence-corrected chi connectivity index (χ3v) is 8.97. The number of nitrogens with one attached hydrogen (secondary N) is 1. The highest BCUT2D eigenvalue weighted by molar-refractivity contribution is 6.31. The van der Waals surface area contributed by atoms with Gasteiger partial charge in [-0.2, -0.15) is 0 Å². The lowest BCUT2D eigenvalue weighted by Crippen LogP contribution is -2.23. The van der Waals surface area contributed by atoms with Gasteiger partial charge in [-0.15, -0.1) is 0 Å². The van der Waals surface area contributed by atoms with Crippen LogP contribution in [0.4, 0.5) is 5.69 Å². The Balaban J connectivity index is 1.39. The van der Waals surface area contributed by atoms with Crippen molar-refractivity contribution in [2.24, 2.45) is 0 Å². The van der Waals surface area contributed by atoms with Crippen LogP contribution in [0.25, 0.3) is 22.3 Å². The Hall–Kier alpha value is -4.47. The van der Waals surface area contributed by atoms with E-state index in [2.05, 4.69) is 80.7 Å². The number of ketones is 1. The number of carbonyl (C=O) groups is 2. The van der Waals surface area contributed by atoms with Gasteiger partial charge in [0.1, 0.15) is 0 Å². The number of anilines is 1. The molecule has 0 aliphatic carbocycles. The topological polar surface area (TPSA) is 46.2 Å². The second-order valence-corrected chi connectivity index (χ2v) is 13.5. The number of benzene rings is 5. The van der Waals surface area contributed by atoms with Crippen LogP contribution in [0, 0.1) is 6.92 Å². The fourth-order valence-electron chi connectivity index (χ4n) is 5.67.